The van der Waals surface area contributed by atoms with E-state index in [1.165, 1.54) is 12.8 Å². The first-order valence-corrected chi connectivity index (χ1v) is 6.46. The number of benzene rings is 1. The van der Waals surface area contributed by atoms with Gasteiger partial charge in [0.1, 0.15) is 0 Å². The highest BCUT2D eigenvalue weighted by molar-refractivity contribution is 5.92. The Labute approximate surface area is 108 Å². The minimum Gasteiger partial charge on any atom is -0.366 e. The molecule has 1 aromatic rings. The maximum atomic E-state index is 11.1. The van der Waals surface area contributed by atoms with Crippen LogP contribution in [0.2, 0.25) is 0 Å². The highest BCUT2D eigenvalue weighted by Crippen LogP contribution is 2.13. The van der Waals surface area contributed by atoms with Crippen LogP contribution >= 0.6 is 0 Å². The fourth-order valence-corrected chi connectivity index (χ4v) is 2.45. The molecule has 0 bridgehead atoms. The number of hydrogen-bond acceptors (Lipinski definition) is 3. The number of carbonyl (C=O) groups excluding carboxylic acids is 1. The van der Waals surface area contributed by atoms with Gasteiger partial charge in [-0.3, -0.25) is 9.69 Å². The molecular formula is C14H21N3O. The Kier molecular flexibility index (Phi) is 4.33. The van der Waals surface area contributed by atoms with E-state index in [9.17, 15) is 4.79 Å². The van der Waals surface area contributed by atoms with Crippen LogP contribution in [0.4, 0.5) is 0 Å². The molecular weight excluding hydrogens is 226 g/mol. The zero-order valence-electron chi connectivity index (χ0n) is 10.9. The standard InChI is InChI=1S/C14H21N3O/c1-17(13-6-3-7-16-9-13)10-11-4-2-5-12(8-11)14(15)18/h2,4-5,8,13,16H,3,6-7,9-10H2,1H3,(H2,15,18). The lowest BCUT2D eigenvalue weighted by Gasteiger charge is -2.31. The predicted molar refractivity (Wildman–Crippen MR) is 72.3 cm³/mol. The van der Waals surface area contributed by atoms with Crippen molar-refractivity contribution in [2.45, 2.75) is 25.4 Å². The molecule has 2 rings (SSSR count). The highest BCUT2D eigenvalue weighted by atomic mass is 16.1. The number of primary amides is 1. The smallest absolute Gasteiger partial charge is 0.248 e. The SMILES string of the molecule is CN(Cc1cccc(C(N)=O)c1)C1CCCNC1. The van der Waals surface area contributed by atoms with E-state index >= 15 is 0 Å². The predicted octanol–water partition coefficient (Wildman–Crippen LogP) is 0.969. The summed E-state index contributed by atoms with van der Waals surface area (Å²) in [6.07, 6.45) is 2.47. The van der Waals surface area contributed by atoms with Gasteiger partial charge in [0.25, 0.3) is 0 Å². The summed E-state index contributed by atoms with van der Waals surface area (Å²) >= 11 is 0. The van der Waals surface area contributed by atoms with Crippen LogP contribution in [0.5, 0.6) is 0 Å². The second-order valence-corrected chi connectivity index (χ2v) is 4.98. The van der Waals surface area contributed by atoms with Gasteiger partial charge in [0, 0.05) is 24.7 Å². The van der Waals surface area contributed by atoms with Crippen LogP contribution in [-0.2, 0) is 6.54 Å². The van der Waals surface area contributed by atoms with Crippen molar-refractivity contribution in [1.82, 2.24) is 10.2 Å². The van der Waals surface area contributed by atoms with Crippen LogP contribution in [0.25, 0.3) is 0 Å². The zero-order valence-corrected chi connectivity index (χ0v) is 10.9. The summed E-state index contributed by atoms with van der Waals surface area (Å²) in [7, 11) is 2.13. The van der Waals surface area contributed by atoms with E-state index < -0.39 is 0 Å². The number of nitrogens with zero attached hydrogens (tertiary/aromatic N) is 1. The van der Waals surface area contributed by atoms with E-state index in [2.05, 4.69) is 17.3 Å². The fourth-order valence-electron chi connectivity index (χ4n) is 2.45. The maximum Gasteiger partial charge on any atom is 0.248 e. The first-order chi connectivity index (χ1) is 8.66. The largest absolute Gasteiger partial charge is 0.366 e. The molecule has 1 fully saturated rings. The topological polar surface area (TPSA) is 58.4 Å². The van der Waals surface area contributed by atoms with E-state index in [4.69, 9.17) is 5.73 Å². The summed E-state index contributed by atoms with van der Waals surface area (Å²) in [5.74, 6) is -0.362. The van der Waals surface area contributed by atoms with E-state index in [1.54, 1.807) is 6.07 Å². The third-order valence-corrected chi connectivity index (χ3v) is 3.54. The Hall–Kier alpha value is -1.39. The summed E-state index contributed by atoms with van der Waals surface area (Å²) in [5, 5.41) is 3.42. The Morgan fingerprint density at radius 1 is 1.56 bits per heavy atom. The Morgan fingerprint density at radius 2 is 2.39 bits per heavy atom. The van der Waals surface area contributed by atoms with E-state index in [0.29, 0.717) is 11.6 Å². The van der Waals surface area contributed by atoms with Gasteiger partial charge in [-0.25, -0.2) is 0 Å². The van der Waals surface area contributed by atoms with Crippen LogP contribution in [0.3, 0.4) is 0 Å². The number of rotatable bonds is 4. The van der Waals surface area contributed by atoms with Gasteiger partial charge in [-0.2, -0.15) is 0 Å². The molecule has 1 aromatic carbocycles. The van der Waals surface area contributed by atoms with Gasteiger partial charge in [-0.15, -0.1) is 0 Å². The van der Waals surface area contributed by atoms with Gasteiger partial charge >= 0.3 is 0 Å². The number of likely N-dealkylation sites (N-methyl/N-ethyl adjacent to an activating group) is 1. The van der Waals surface area contributed by atoms with Gasteiger partial charge in [-0.05, 0) is 44.1 Å². The number of piperidine rings is 1. The van der Waals surface area contributed by atoms with Gasteiger partial charge < -0.3 is 11.1 Å². The van der Waals surface area contributed by atoms with Gasteiger partial charge in [0.15, 0.2) is 0 Å². The Bertz CT molecular complexity index is 413. The van der Waals surface area contributed by atoms with E-state index in [0.717, 1.165) is 25.2 Å². The molecule has 1 atom stereocenters. The lowest BCUT2D eigenvalue weighted by Crippen LogP contribution is -2.43. The van der Waals surface area contributed by atoms with Crippen molar-refractivity contribution >= 4 is 5.91 Å². The first-order valence-electron chi connectivity index (χ1n) is 6.46. The van der Waals surface area contributed by atoms with Crippen molar-refractivity contribution in [3.63, 3.8) is 0 Å². The quantitative estimate of drug-likeness (QED) is 0.833. The molecule has 1 aliphatic heterocycles. The van der Waals surface area contributed by atoms with Crippen molar-refractivity contribution in [1.29, 1.82) is 0 Å². The van der Waals surface area contributed by atoms with Gasteiger partial charge in [-0.1, -0.05) is 12.1 Å². The second kappa shape index (κ2) is 5.98. The third kappa shape index (κ3) is 3.31. The molecule has 98 valence electrons. The minimum atomic E-state index is -0.362. The minimum absolute atomic E-state index is 0.362. The molecule has 4 nitrogen and oxygen atoms in total. The normalized spacial score (nSPS) is 20.0. The fraction of sp³-hybridized carbons (Fsp3) is 0.500. The molecule has 1 aliphatic rings. The lowest BCUT2D eigenvalue weighted by atomic mass is 10.0. The number of nitrogens with two attached hydrogens (primary N) is 1. The van der Waals surface area contributed by atoms with Crippen molar-refractivity contribution in [3.05, 3.63) is 35.4 Å². The maximum absolute atomic E-state index is 11.1. The van der Waals surface area contributed by atoms with Crippen LogP contribution in [0, 0.1) is 0 Å². The molecule has 0 saturated carbocycles. The third-order valence-electron chi connectivity index (χ3n) is 3.54. The summed E-state index contributed by atoms with van der Waals surface area (Å²) in [6.45, 7) is 3.03. The number of nitrogens with one attached hydrogen (secondary N) is 1. The Morgan fingerprint density at radius 3 is 3.06 bits per heavy atom. The molecule has 18 heavy (non-hydrogen) atoms. The lowest BCUT2D eigenvalue weighted by molar-refractivity contribution is 0.1000. The van der Waals surface area contributed by atoms with Gasteiger partial charge in [0.05, 0.1) is 0 Å². The first kappa shape index (κ1) is 13.1. The molecule has 0 aliphatic carbocycles. The van der Waals surface area contributed by atoms with Gasteiger partial charge in [0.2, 0.25) is 5.91 Å². The average molecular weight is 247 g/mol. The van der Waals surface area contributed by atoms with Crippen LogP contribution in [-0.4, -0.2) is 37.0 Å². The number of hydrogen-bond donors (Lipinski definition) is 2. The van der Waals surface area contributed by atoms with Crippen molar-refractivity contribution in [2.24, 2.45) is 5.73 Å². The van der Waals surface area contributed by atoms with Crippen LogP contribution < -0.4 is 11.1 Å². The second-order valence-electron chi connectivity index (χ2n) is 4.98. The molecule has 1 amide bonds. The molecule has 4 heteroatoms. The summed E-state index contributed by atoms with van der Waals surface area (Å²) < 4.78 is 0. The zero-order chi connectivity index (χ0) is 13.0. The molecule has 3 N–H and O–H groups in total. The molecule has 0 aromatic heterocycles. The van der Waals surface area contributed by atoms with Crippen LogP contribution in [0.1, 0.15) is 28.8 Å². The number of amides is 1. The van der Waals surface area contributed by atoms with E-state index in [1.807, 2.05) is 18.2 Å². The van der Waals surface area contributed by atoms with E-state index in [-0.39, 0.29) is 5.91 Å². The highest BCUT2D eigenvalue weighted by Gasteiger charge is 2.17. The summed E-state index contributed by atoms with van der Waals surface area (Å²) in [5.41, 5.74) is 7.02. The molecule has 1 unspecified atom stereocenters. The molecule has 0 spiro atoms. The Balaban J connectivity index is 1.99. The van der Waals surface area contributed by atoms with Crippen LogP contribution in [0.15, 0.2) is 24.3 Å². The van der Waals surface area contributed by atoms with Crippen molar-refractivity contribution in [2.75, 3.05) is 20.1 Å². The summed E-state index contributed by atoms with van der Waals surface area (Å²) in [4.78, 5) is 13.5. The molecule has 1 heterocycles. The van der Waals surface area contributed by atoms with Crippen molar-refractivity contribution < 1.29 is 4.79 Å². The molecule has 1 saturated heterocycles. The monoisotopic (exact) mass is 247 g/mol. The average Bonchev–Trinajstić information content (AvgIpc) is 2.40. The summed E-state index contributed by atoms with van der Waals surface area (Å²) in [6, 6.07) is 8.15. The van der Waals surface area contributed by atoms with Crippen molar-refractivity contribution in [3.8, 4) is 0 Å². The number of carbonyl (C=O) groups is 1. The molecule has 0 radical (unpaired) electrons.